The normalized spacial score (nSPS) is 13.8. The van der Waals surface area contributed by atoms with Gasteiger partial charge in [-0.25, -0.2) is 0 Å². The molecule has 0 bridgehead atoms. The summed E-state index contributed by atoms with van der Waals surface area (Å²) in [6.07, 6.45) is 1.87. The van der Waals surface area contributed by atoms with E-state index in [4.69, 9.17) is 5.73 Å². The Kier molecular flexibility index (Phi) is 26.3. The van der Waals surface area contributed by atoms with Gasteiger partial charge in [0.2, 0.25) is 5.91 Å². The van der Waals surface area contributed by atoms with Crippen LogP contribution in [0.5, 0.6) is 0 Å². The van der Waals surface area contributed by atoms with Crippen molar-refractivity contribution in [1.29, 1.82) is 0 Å². The summed E-state index contributed by atoms with van der Waals surface area (Å²) in [5.41, 5.74) is 5.52. The van der Waals surface area contributed by atoms with Crippen LogP contribution in [0.1, 0.15) is 89.0 Å². The molecule has 0 saturated carbocycles. The largest absolute Gasteiger partial charge is 0.346 e. The molecule has 0 aromatic heterocycles. The first-order valence-corrected chi connectivity index (χ1v) is 9.61. The first-order valence-electron chi connectivity index (χ1n) is 9.61. The quantitative estimate of drug-likeness (QED) is 0.714. The van der Waals surface area contributed by atoms with Crippen LogP contribution in [0.2, 0.25) is 0 Å². The van der Waals surface area contributed by atoms with Crippen molar-refractivity contribution in [2.24, 2.45) is 17.6 Å². The lowest BCUT2D eigenvalue weighted by Gasteiger charge is -2.20. The number of ketones is 2. The van der Waals surface area contributed by atoms with Gasteiger partial charge in [0.15, 0.2) is 5.78 Å². The number of rotatable bonds is 7. The lowest BCUT2D eigenvalue weighted by atomic mass is 9.96. The van der Waals surface area contributed by atoms with Crippen LogP contribution >= 0.6 is 0 Å². The Balaban J connectivity index is -0.000000150. The highest BCUT2D eigenvalue weighted by Gasteiger charge is 2.20. The van der Waals surface area contributed by atoms with Crippen LogP contribution in [0.25, 0.3) is 0 Å². The summed E-state index contributed by atoms with van der Waals surface area (Å²) in [4.78, 5) is 32.4. The Morgan fingerprint density at radius 2 is 1.16 bits per heavy atom. The van der Waals surface area contributed by atoms with E-state index in [0.29, 0.717) is 5.92 Å². The first kappa shape index (κ1) is 31.5. The Morgan fingerprint density at radius 1 is 0.800 bits per heavy atom. The fourth-order valence-electron chi connectivity index (χ4n) is 1.75. The van der Waals surface area contributed by atoms with E-state index in [1.54, 1.807) is 0 Å². The number of amides is 1. The summed E-state index contributed by atoms with van der Waals surface area (Å²) in [7, 11) is 0. The molecular weight excluding hydrogens is 316 g/mol. The Hall–Kier alpha value is -1.23. The lowest BCUT2D eigenvalue weighted by molar-refractivity contribution is -0.126. The zero-order chi connectivity index (χ0) is 21.2. The molecule has 0 saturated heterocycles. The van der Waals surface area contributed by atoms with Gasteiger partial charge in [0, 0.05) is 6.92 Å². The number of hydrogen-bond acceptors (Lipinski definition) is 4. The molecule has 0 aliphatic heterocycles. The third kappa shape index (κ3) is 18.9. The minimum absolute atomic E-state index is 0.0274. The van der Waals surface area contributed by atoms with Gasteiger partial charge in [-0.1, -0.05) is 68.2 Å². The number of nitrogens with two attached hydrogens (primary N) is 1. The zero-order valence-electron chi connectivity index (χ0n) is 18.5. The molecule has 0 aromatic rings. The molecule has 0 aliphatic carbocycles. The maximum absolute atomic E-state index is 11.1. The lowest BCUT2D eigenvalue weighted by Crippen LogP contribution is -2.42. The molecule has 0 fully saturated rings. The summed E-state index contributed by atoms with van der Waals surface area (Å²) in [5, 5.41) is 2.64. The van der Waals surface area contributed by atoms with Gasteiger partial charge in [-0.2, -0.15) is 0 Å². The maximum Gasteiger partial charge on any atom is 0.217 e. The third-order valence-corrected chi connectivity index (χ3v) is 3.74. The summed E-state index contributed by atoms with van der Waals surface area (Å²) in [6.45, 7) is 20.5. The average molecular weight is 361 g/mol. The number of hydrogen-bond donors (Lipinski definition) is 2. The highest BCUT2D eigenvalue weighted by Crippen LogP contribution is 2.08. The minimum Gasteiger partial charge on any atom is -0.346 e. The van der Waals surface area contributed by atoms with Crippen LogP contribution in [0, 0.1) is 11.8 Å². The van der Waals surface area contributed by atoms with Crippen molar-refractivity contribution in [2.75, 3.05) is 0 Å². The van der Waals surface area contributed by atoms with Gasteiger partial charge in [0.25, 0.3) is 0 Å². The SMILES string of the molecule is CC.CC.CCC(C)C(N)C(C)=O.CCC(C)C(NC(C)=O)C(C)=O. The summed E-state index contributed by atoms with van der Waals surface area (Å²) in [6, 6.07) is -0.567. The van der Waals surface area contributed by atoms with Gasteiger partial charge in [0.05, 0.1) is 12.1 Å². The molecule has 0 aliphatic rings. The van der Waals surface area contributed by atoms with Crippen LogP contribution in [-0.4, -0.2) is 29.6 Å². The average Bonchev–Trinajstić information content (AvgIpc) is 2.61. The number of Topliss-reactive ketones (excluding diaryl/α,β-unsaturated/α-hetero) is 2. The van der Waals surface area contributed by atoms with Gasteiger partial charge in [-0.15, -0.1) is 0 Å². The minimum atomic E-state index is -0.313. The van der Waals surface area contributed by atoms with Crippen molar-refractivity contribution in [3.63, 3.8) is 0 Å². The van der Waals surface area contributed by atoms with Crippen LogP contribution in [0.3, 0.4) is 0 Å². The Labute approximate surface area is 156 Å². The van der Waals surface area contributed by atoms with E-state index in [1.165, 1.54) is 20.8 Å². The number of nitrogens with one attached hydrogen (secondary N) is 1. The molecule has 0 rings (SSSR count). The molecule has 4 atom stereocenters. The fourth-order valence-corrected chi connectivity index (χ4v) is 1.75. The molecule has 152 valence electrons. The molecular formula is C20H44N2O3. The van der Waals surface area contributed by atoms with Gasteiger partial charge in [-0.05, 0) is 25.7 Å². The molecule has 3 N–H and O–H groups in total. The maximum atomic E-state index is 11.1. The highest BCUT2D eigenvalue weighted by atomic mass is 16.2. The summed E-state index contributed by atoms with van der Waals surface area (Å²) in [5.74, 6) is 0.508. The van der Waals surface area contributed by atoms with Gasteiger partial charge in [0.1, 0.15) is 5.78 Å². The predicted octanol–water partition coefficient (Wildman–Crippen LogP) is 4.13. The van der Waals surface area contributed by atoms with Crippen molar-refractivity contribution < 1.29 is 14.4 Å². The van der Waals surface area contributed by atoms with E-state index in [0.717, 1.165) is 12.8 Å². The molecule has 0 radical (unpaired) electrons. The van der Waals surface area contributed by atoms with Crippen LogP contribution < -0.4 is 11.1 Å². The van der Waals surface area contributed by atoms with Crippen molar-refractivity contribution >= 4 is 17.5 Å². The molecule has 5 heteroatoms. The van der Waals surface area contributed by atoms with Crippen molar-refractivity contribution in [2.45, 2.75) is 101 Å². The molecule has 1 amide bonds. The molecule has 0 spiro atoms. The van der Waals surface area contributed by atoms with E-state index < -0.39 is 0 Å². The van der Waals surface area contributed by atoms with E-state index in [2.05, 4.69) is 5.32 Å². The molecule has 0 heterocycles. The summed E-state index contributed by atoms with van der Waals surface area (Å²) >= 11 is 0. The van der Waals surface area contributed by atoms with Crippen LogP contribution in [-0.2, 0) is 14.4 Å². The molecule has 0 aromatic carbocycles. The van der Waals surface area contributed by atoms with E-state index in [-0.39, 0.29) is 35.5 Å². The number of carbonyl (C=O) groups is 3. The van der Waals surface area contributed by atoms with Crippen molar-refractivity contribution in [1.82, 2.24) is 5.32 Å². The third-order valence-electron chi connectivity index (χ3n) is 3.74. The fraction of sp³-hybridized carbons (Fsp3) is 0.850. The topological polar surface area (TPSA) is 89.3 Å². The zero-order valence-corrected chi connectivity index (χ0v) is 18.5. The van der Waals surface area contributed by atoms with E-state index in [9.17, 15) is 14.4 Å². The van der Waals surface area contributed by atoms with Crippen LogP contribution in [0.4, 0.5) is 0 Å². The molecule has 5 nitrogen and oxygen atoms in total. The standard InChI is InChI=1S/C9H17NO2.C7H15NO.2C2H6/c1-5-6(2)9(7(3)11)10-8(4)12;1-4-5(2)7(8)6(3)9;2*1-2/h6,9H,5H2,1-4H3,(H,10,12);5,7H,4,8H2,1-3H3;2*1-2H3. The van der Waals surface area contributed by atoms with E-state index in [1.807, 2.05) is 55.4 Å². The van der Waals surface area contributed by atoms with Crippen molar-refractivity contribution in [3.8, 4) is 0 Å². The summed E-state index contributed by atoms with van der Waals surface area (Å²) < 4.78 is 0. The van der Waals surface area contributed by atoms with Crippen LogP contribution in [0.15, 0.2) is 0 Å². The Bertz CT molecular complexity index is 344. The second kappa shape index (κ2) is 20.8. The van der Waals surface area contributed by atoms with Crippen molar-refractivity contribution in [3.05, 3.63) is 0 Å². The molecule has 25 heavy (non-hydrogen) atoms. The van der Waals surface area contributed by atoms with Gasteiger partial charge in [-0.3, -0.25) is 14.4 Å². The number of carbonyl (C=O) groups excluding carboxylic acids is 3. The monoisotopic (exact) mass is 360 g/mol. The van der Waals surface area contributed by atoms with E-state index >= 15 is 0 Å². The second-order valence-electron chi connectivity index (χ2n) is 5.70. The Morgan fingerprint density at radius 3 is 1.32 bits per heavy atom. The predicted molar refractivity (Wildman–Crippen MR) is 109 cm³/mol. The highest BCUT2D eigenvalue weighted by molar-refractivity contribution is 5.86. The van der Waals surface area contributed by atoms with Gasteiger partial charge >= 0.3 is 0 Å². The smallest absolute Gasteiger partial charge is 0.217 e. The second-order valence-corrected chi connectivity index (χ2v) is 5.70. The first-order chi connectivity index (χ1) is 11.6. The molecule has 4 unspecified atom stereocenters. The van der Waals surface area contributed by atoms with Gasteiger partial charge < -0.3 is 11.1 Å².